The van der Waals surface area contributed by atoms with Crippen LogP contribution in [0.25, 0.3) is 10.4 Å². The lowest BCUT2D eigenvalue weighted by Crippen LogP contribution is -2.45. The quantitative estimate of drug-likeness (QED) is 0.335. The lowest BCUT2D eigenvalue weighted by molar-refractivity contribution is -0.149. The number of benzene rings is 1. The summed E-state index contributed by atoms with van der Waals surface area (Å²) < 4.78 is 5.18. The molecule has 0 spiro atoms. The fraction of sp³-hybridized carbons (Fsp3) is 0.533. The van der Waals surface area contributed by atoms with Crippen molar-refractivity contribution in [2.75, 3.05) is 20.7 Å². The average Bonchev–Trinajstić information content (AvgIpc) is 2.45. The Morgan fingerprint density at radius 1 is 1.38 bits per heavy atom. The Kier molecular flexibility index (Phi) is 6.72. The Hall–Kier alpha value is -2.04. The fourth-order valence-corrected chi connectivity index (χ4v) is 2.46. The molecule has 1 rings (SSSR count). The molecule has 6 nitrogen and oxygen atoms in total. The number of esters is 1. The molecule has 0 heterocycles. The van der Waals surface area contributed by atoms with Gasteiger partial charge in [0.15, 0.2) is 0 Å². The molecule has 0 saturated carbocycles. The van der Waals surface area contributed by atoms with Crippen molar-refractivity contribution in [3.05, 3.63) is 46.3 Å². The van der Waals surface area contributed by atoms with Crippen LogP contribution >= 0.6 is 0 Å². The molecule has 0 bridgehead atoms. The summed E-state index contributed by atoms with van der Waals surface area (Å²) in [7, 11) is 3.64. The highest BCUT2D eigenvalue weighted by Gasteiger charge is 2.35. The standard InChI is InChI=1S/C15H22N4O2/c1-5-21-15(20)14(19(3)4)13(11(2)17-18-16)12-9-7-6-8-10-12/h6-11,13-14H,5H2,1-4H3/t11-,13-,14+/m1/s1. The van der Waals surface area contributed by atoms with Gasteiger partial charge in [-0.1, -0.05) is 42.4 Å². The minimum atomic E-state index is -0.507. The van der Waals surface area contributed by atoms with Crippen molar-refractivity contribution in [2.45, 2.75) is 31.8 Å². The van der Waals surface area contributed by atoms with Gasteiger partial charge in [-0.3, -0.25) is 9.69 Å². The van der Waals surface area contributed by atoms with Crippen LogP contribution in [-0.4, -0.2) is 43.7 Å². The molecule has 1 aromatic rings. The van der Waals surface area contributed by atoms with Crippen molar-refractivity contribution in [3.63, 3.8) is 0 Å². The Morgan fingerprint density at radius 2 is 2.00 bits per heavy atom. The number of likely N-dealkylation sites (N-methyl/N-ethyl adjacent to an activating group) is 1. The zero-order valence-electron chi connectivity index (χ0n) is 12.9. The van der Waals surface area contributed by atoms with E-state index in [1.54, 1.807) is 11.8 Å². The molecule has 0 aliphatic heterocycles. The maximum absolute atomic E-state index is 12.3. The summed E-state index contributed by atoms with van der Waals surface area (Å²) >= 11 is 0. The van der Waals surface area contributed by atoms with Crippen molar-refractivity contribution >= 4 is 5.97 Å². The summed E-state index contributed by atoms with van der Waals surface area (Å²) in [5.41, 5.74) is 9.67. The van der Waals surface area contributed by atoms with Gasteiger partial charge in [-0.15, -0.1) is 0 Å². The van der Waals surface area contributed by atoms with Crippen molar-refractivity contribution in [3.8, 4) is 0 Å². The summed E-state index contributed by atoms with van der Waals surface area (Å²) in [5, 5.41) is 3.79. The maximum atomic E-state index is 12.3. The summed E-state index contributed by atoms with van der Waals surface area (Å²) in [6, 6.07) is 8.72. The molecule has 0 aromatic heterocycles. The van der Waals surface area contributed by atoms with Crippen molar-refractivity contribution < 1.29 is 9.53 Å². The topological polar surface area (TPSA) is 78.3 Å². The molecule has 0 N–H and O–H groups in total. The summed E-state index contributed by atoms with van der Waals surface area (Å²) in [6.07, 6.45) is 0. The first kappa shape index (κ1) is 17.0. The second kappa shape index (κ2) is 8.29. The number of hydrogen-bond donors (Lipinski definition) is 0. The van der Waals surface area contributed by atoms with E-state index in [-0.39, 0.29) is 17.9 Å². The van der Waals surface area contributed by atoms with E-state index in [1.807, 2.05) is 51.4 Å². The molecule has 0 amide bonds. The van der Waals surface area contributed by atoms with Crippen LogP contribution in [0.1, 0.15) is 25.3 Å². The minimum absolute atomic E-state index is 0.267. The van der Waals surface area contributed by atoms with Crippen LogP contribution in [-0.2, 0) is 9.53 Å². The molecule has 21 heavy (non-hydrogen) atoms. The molecule has 6 heteroatoms. The molecule has 1 aromatic carbocycles. The highest BCUT2D eigenvalue weighted by atomic mass is 16.5. The van der Waals surface area contributed by atoms with E-state index < -0.39 is 6.04 Å². The Bertz CT molecular complexity index is 498. The highest BCUT2D eigenvalue weighted by molar-refractivity contribution is 5.77. The second-order valence-corrected chi connectivity index (χ2v) is 5.04. The first-order valence-corrected chi connectivity index (χ1v) is 6.95. The van der Waals surface area contributed by atoms with Crippen LogP contribution in [0, 0.1) is 0 Å². The number of carbonyl (C=O) groups excluding carboxylic acids is 1. The predicted molar refractivity (Wildman–Crippen MR) is 81.9 cm³/mol. The Labute approximate surface area is 125 Å². The number of carbonyl (C=O) groups is 1. The van der Waals surface area contributed by atoms with Gasteiger partial charge >= 0.3 is 5.97 Å². The monoisotopic (exact) mass is 290 g/mol. The summed E-state index contributed by atoms with van der Waals surface area (Å²) in [4.78, 5) is 17.0. The number of nitrogens with zero attached hydrogens (tertiary/aromatic N) is 4. The van der Waals surface area contributed by atoms with Gasteiger partial charge in [0, 0.05) is 16.9 Å². The summed E-state index contributed by atoms with van der Waals surface area (Å²) in [6.45, 7) is 3.91. The van der Waals surface area contributed by atoms with Crippen LogP contribution in [0.4, 0.5) is 0 Å². The van der Waals surface area contributed by atoms with E-state index in [9.17, 15) is 4.79 Å². The van der Waals surface area contributed by atoms with E-state index in [0.29, 0.717) is 6.61 Å². The number of rotatable bonds is 7. The van der Waals surface area contributed by atoms with E-state index in [1.165, 1.54) is 0 Å². The molecule has 0 aliphatic carbocycles. The Balaban J connectivity index is 3.25. The zero-order chi connectivity index (χ0) is 15.8. The van der Waals surface area contributed by atoms with Crippen molar-refractivity contribution in [2.24, 2.45) is 5.11 Å². The lowest BCUT2D eigenvalue weighted by atomic mass is 9.85. The largest absolute Gasteiger partial charge is 0.465 e. The van der Waals surface area contributed by atoms with Gasteiger partial charge in [-0.2, -0.15) is 0 Å². The van der Waals surface area contributed by atoms with Gasteiger partial charge in [0.2, 0.25) is 0 Å². The molecular weight excluding hydrogens is 268 g/mol. The smallest absolute Gasteiger partial charge is 0.323 e. The SMILES string of the molecule is CCOC(=O)[C@H]([C@@H](c1ccccc1)[C@@H](C)N=[N+]=[N-])N(C)C. The van der Waals surface area contributed by atoms with Crippen LogP contribution in [0.2, 0.25) is 0 Å². The minimum Gasteiger partial charge on any atom is -0.465 e. The summed E-state index contributed by atoms with van der Waals surface area (Å²) in [5.74, 6) is -0.576. The van der Waals surface area contributed by atoms with Gasteiger partial charge in [0.05, 0.1) is 6.61 Å². The van der Waals surface area contributed by atoms with Gasteiger partial charge in [0.25, 0.3) is 0 Å². The number of hydrogen-bond acceptors (Lipinski definition) is 4. The van der Waals surface area contributed by atoms with E-state index in [4.69, 9.17) is 10.3 Å². The third-order valence-corrected chi connectivity index (χ3v) is 3.36. The zero-order valence-corrected chi connectivity index (χ0v) is 12.9. The molecule has 114 valence electrons. The fourth-order valence-electron chi connectivity index (χ4n) is 2.46. The molecule has 0 saturated heterocycles. The average molecular weight is 290 g/mol. The molecular formula is C15H22N4O2. The van der Waals surface area contributed by atoms with Crippen LogP contribution in [0.15, 0.2) is 35.4 Å². The maximum Gasteiger partial charge on any atom is 0.323 e. The van der Waals surface area contributed by atoms with Gasteiger partial charge in [-0.25, -0.2) is 0 Å². The third-order valence-electron chi connectivity index (χ3n) is 3.36. The van der Waals surface area contributed by atoms with Crippen molar-refractivity contribution in [1.29, 1.82) is 0 Å². The highest BCUT2D eigenvalue weighted by Crippen LogP contribution is 2.29. The second-order valence-electron chi connectivity index (χ2n) is 5.04. The molecule has 3 atom stereocenters. The third kappa shape index (κ3) is 4.48. The van der Waals surface area contributed by atoms with Gasteiger partial charge in [-0.05, 0) is 32.1 Å². The number of ether oxygens (including phenoxy) is 1. The van der Waals surface area contributed by atoms with Crippen molar-refractivity contribution in [1.82, 2.24) is 4.90 Å². The lowest BCUT2D eigenvalue weighted by Gasteiger charge is -2.33. The first-order chi connectivity index (χ1) is 10.0. The molecule has 0 fully saturated rings. The molecule has 0 radical (unpaired) electrons. The predicted octanol–water partition coefficient (Wildman–Crippen LogP) is 2.96. The molecule has 0 unspecified atom stereocenters. The first-order valence-electron chi connectivity index (χ1n) is 6.95. The number of azide groups is 1. The van der Waals surface area contributed by atoms with Crippen LogP contribution in [0.5, 0.6) is 0 Å². The molecule has 0 aliphatic rings. The van der Waals surface area contributed by atoms with E-state index in [0.717, 1.165) is 5.56 Å². The van der Waals surface area contributed by atoms with Gasteiger partial charge < -0.3 is 4.74 Å². The normalized spacial score (nSPS) is 14.9. The Morgan fingerprint density at radius 3 is 2.48 bits per heavy atom. The van der Waals surface area contributed by atoms with Crippen LogP contribution in [0.3, 0.4) is 0 Å². The van der Waals surface area contributed by atoms with Gasteiger partial charge in [0.1, 0.15) is 6.04 Å². The van der Waals surface area contributed by atoms with E-state index in [2.05, 4.69) is 10.0 Å². The van der Waals surface area contributed by atoms with Crippen LogP contribution < -0.4 is 0 Å². The van der Waals surface area contributed by atoms with E-state index >= 15 is 0 Å².